The molecular weight excluding hydrogens is 370 g/mol. The Morgan fingerprint density at radius 3 is 2.56 bits per heavy atom. The second kappa shape index (κ2) is 7.54. The molecule has 27 heavy (non-hydrogen) atoms. The summed E-state index contributed by atoms with van der Waals surface area (Å²) in [5.41, 5.74) is -0.353. The Labute approximate surface area is 164 Å². The first kappa shape index (κ1) is 19.7. The van der Waals surface area contributed by atoms with Gasteiger partial charge in [0.25, 0.3) is 5.91 Å². The highest BCUT2D eigenvalue weighted by molar-refractivity contribution is 6.33. The van der Waals surface area contributed by atoms with Crippen molar-refractivity contribution in [3.8, 4) is 5.88 Å². The van der Waals surface area contributed by atoms with Gasteiger partial charge in [0.05, 0.1) is 18.2 Å². The van der Waals surface area contributed by atoms with Gasteiger partial charge in [0.15, 0.2) is 5.69 Å². The highest BCUT2D eigenvalue weighted by Gasteiger charge is 2.42. The van der Waals surface area contributed by atoms with Crippen LogP contribution < -0.4 is 4.74 Å². The van der Waals surface area contributed by atoms with Gasteiger partial charge in [-0.2, -0.15) is 0 Å². The van der Waals surface area contributed by atoms with Gasteiger partial charge in [-0.15, -0.1) is 0 Å². The fourth-order valence-corrected chi connectivity index (χ4v) is 3.89. The molecule has 2 aliphatic rings. The fraction of sp³-hybridized carbons (Fsp3) is 0.632. The van der Waals surface area contributed by atoms with E-state index < -0.39 is 5.60 Å². The average Bonchev–Trinajstić information content (AvgIpc) is 2.87. The summed E-state index contributed by atoms with van der Waals surface area (Å²) in [6.07, 6.45) is 2.14. The van der Waals surface area contributed by atoms with Crippen molar-refractivity contribution in [2.45, 2.75) is 57.7 Å². The first-order chi connectivity index (χ1) is 12.7. The van der Waals surface area contributed by atoms with Gasteiger partial charge < -0.3 is 19.3 Å². The molecule has 8 heteroatoms. The smallest absolute Gasteiger partial charge is 0.410 e. The Kier molecular flexibility index (Phi) is 5.51. The van der Waals surface area contributed by atoms with E-state index in [0.29, 0.717) is 30.4 Å². The average molecular weight is 396 g/mol. The van der Waals surface area contributed by atoms with Gasteiger partial charge in [-0.25, -0.2) is 9.78 Å². The molecule has 2 bridgehead atoms. The Morgan fingerprint density at radius 1 is 1.19 bits per heavy atom. The van der Waals surface area contributed by atoms with Crippen molar-refractivity contribution < 1.29 is 19.1 Å². The van der Waals surface area contributed by atoms with Crippen molar-refractivity contribution in [2.75, 3.05) is 20.2 Å². The van der Waals surface area contributed by atoms with Crippen LogP contribution >= 0.6 is 11.6 Å². The second-order valence-electron chi connectivity index (χ2n) is 8.00. The topological polar surface area (TPSA) is 72.0 Å². The molecule has 0 spiro atoms. The molecule has 2 amide bonds. The molecule has 0 aromatic carbocycles. The molecule has 2 saturated heterocycles. The lowest BCUT2D eigenvalue weighted by molar-refractivity contribution is 0.0229. The molecule has 0 radical (unpaired) electrons. The lowest BCUT2D eigenvalue weighted by atomic mass is 10.1. The Bertz CT molecular complexity index is 734. The quantitative estimate of drug-likeness (QED) is 0.767. The third-order valence-electron chi connectivity index (χ3n) is 4.90. The van der Waals surface area contributed by atoms with Crippen LogP contribution in [0.25, 0.3) is 0 Å². The van der Waals surface area contributed by atoms with E-state index >= 15 is 0 Å². The normalized spacial score (nSPS) is 22.4. The minimum Gasteiger partial charge on any atom is -0.481 e. The lowest BCUT2D eigenvalue weighted by Gasteiger charge is -2.30. The summed E-state index contributed by atoms with van der Waals surface area (Å²) in [5, 5.41) is 0.299. The minimum absolute atomic E-state index is 0.0680. The number of hydrogen-bond acceptors (Lipinski definition) is 5. The molecule has 0 N–H and O–H groups in total. The van der Waals surface area contributed by atoms with Crippen LogP contribution in [0.2, 0.25) is 5.02 Å². The third-order valence-corrected chi connectivity index (χ3v) is 5.21. The summed E-state index contributed by atoms with van der Waals surface area (Å²) in [6, 6.07) is 3.24. The standard InChI is InChI=1S/C19H26ClN3O4/c1-19(2,3)27-18(25)22-10-9-12-5-6-13(11-22)23(12)17(24)16-14(20)7-8-15(21-16)26-4/h7-8,12-13H,5-6,9-11H2,1-4H3/t12-,13+/m0/s1. The summed E-state index contributed by atoms with van der Waals surface area (Å²) in [4.78, 5) is 33.5. The van der Waals surface area contributed by atoms with Crippen LogP contribution in [0.5, 0.6) is 5.88 Å². The van der Waals surface area contributed by atoms with Crippen molar-refractivity contribution in [1.29, 1.82) is 0 Å². The molecular formula is C19H26ClN3O4. The number of likely N-dealkylation sites (tertiary alicyclic amines) is 1. The number of fused-ring (bicyclic) bond motifs is 2. The van der Waals surface area contributed by atoms with Gasteiger partial charge in [0.1, 0.15) is 5.60 Å². The Balaban J connectivity index is 1.80. The van der Waals surface area contributed by atoms with E-state index in [1.807, 2.05) is 25.7 Å². The minimum atomic E-state index is -0.546. The largest absolute Gasteiger partial charge is 0.481 e. The highest BCUT2D eigenvalue weighted by atomic mass is 35.5. The maximum atomic E-state index is 13.2. The SMILES string of the molecule is COc1ccc(Cl)c(C(=O)N2[C@H]3CC[C@@H]2CN(C(=O)OC(C)(C)C)CC3)n1. The zero-order valence-electron chi connectivity index (χ0n) is 16.2. The van der Waals surface area contributed by atoms with E-state index in [9.17, 15) is 9.59 Å². The number of pyridine rings is 1. The number of carbonyl (C=O) groups excluding carboxylic acids is 2. The zero-order chi connectivity index (χ0) is 19.8. The molecule has 1 aromatic rings. The summed E-state index contributed by atoms with van der Waals surface area (Å²) in [5.74, 6) is 0.137. The van der Waals surface area contributed by atoms with Crippen LogP contribution in [0.3, 0.4) is 0 Å². The zero-order valence-corrected chi connectivity index (χ0v) is 17.0. The van der Waals surface area contributed by atoms with E-state index in [-0.39, 0.29) is 29.8 Å². The van der Waals surface area contributed by atoms with Crippen molar-refractivity contribution in [2.24, 2.45) is 0 Å². The van der Waals surface area contributed by atoms with Gasteiger partial charge in [0.2, 0.25) is 5.88 Å². The van der Waals surface area contributed by atoms with Crippen LogP contribution in [-0.4, -0.2) is 64.7 Å². The molecule has 2 atom stereocenters. The highest BCUT2D eigenvalue weighted by Crippen LogP contribution is 2.33. The van der Waals surface area contributed by atoms with Crippen LogP contribution in [0.1, 0.15) is 50.5 Å². The van der Waals surface area contributed by atoms with Crippen LogP contribution in [0.4, 0.5) is 4.79 Å². The number of ether oxygens (including phenoxy) is 2. The number of aromatic nitrogens is 1. The summed E-state index contributed by atoms with van der Waals surface area (Å²) in [7, 11) is 1.50. The van der Waals surface area contributed by atoms with E-state index in [2.05, 4.69) is 4.98 Å². The van der Waals surface area contributed by atoms with E-state index in [0.717, 1.165) is 12.8 Å². The number of halogens is 1. The first-order valence-corrected chi connectivity index (χ1v) is 9.58. The Hall–Kier alpha value is -2.02. The molecule has 3 heterocycles. The van der Waals surface area contributed by atoms with Crippen LogP contribution in [-0.2, 0) is 4.74 Å². The molecule has 2 aliphatic heterocycles. The van der Waals surface area contributed by atoms with Gasteiger partial charge in [-0.1, -0.05) is 11.6 Å². The molecule has 0 aliphatic carbocycles. The predicted molar refractivity (Wildman–Crippen MR) is 101 cm³/mol. The molecule has 3 rings (SSSR count). The van der Waals surface area contributed by atoms with E-state index in [4.69, 9.17) is 21.1 Å². The molecule has 1 aromatic heterocycles. The summed E-state index contributed by atoms with van der Waals surface area (Å²) in [6.45, 7) is 6.57. The number of methoxy groups -OCH3 is 1. The van der Waals surface area contributed by atoms with Crippen molar-refractivity contribution in [3.63, 3.8) is 0 Å². The van der Waals surface area contributed by atoms with Gasteiger partial charge >= 0.3 is 6.09 Å². The molecule has 7 nitrogen and oxygen atoms in total. The number of nitrogens with zero attached hydrogens (tertiary/aromatic N) is 3. The first-order valence-electron chi connectivity index (χ1n) is 9.20. The number of hydrogen-bond donors (Lipinski definition) is 0. The number of carbonyl (C=O) groups is 2. The van der Waals surface area contributed by atoms with E-state index in [1.54, 1.807) is 17.0 Å². The van der Waals surface area contributed by atoms with Crippen molar-refractivity contribution >= 4 is 23.6 Å². The second-order valence-corrected chi connectivity index (χ2v) is 8.40. The predicted octanol–water partition coefficient (Wildman–Crippen LogP) is 3.36. The monoisotopic (exact) mass is 395 g/mol. The summed E-state index contributed by atoms with van der Waals surface area (Å²) < 4.78 is 10.6. The fourth-order valence-electron chi connectivity index (χ4n) is 3.71. The van der Waals surface area contributed by atoms with Crippen molar-refractivity contribution in [1.82, 2.24) is 14.8 Å². The van der Waals surface area contributed by atoms with Gasteiger partial charge in [-0.05, 0) is 46.1 Å². The molecule has 148 valence electrons. The van der Waals surface area contributed by atoms with Gasteiger partial charge in [-0.3, -0.25) is 4.79 Å². The van der Waals surface area contributed by atoms with Crippen LogP contribution in [0.15, 0.2) is 12.1 Å². The molecule has 2 fully saturated rings. The van der Waals surface area contributed by atoms with Gasteiger partial charge in [0, 0.05) is 25.2 Å². The maximum Gasteiger partial charge on any atom is 0.410 e. The number of amides is 2. The Morgan fingerprint density at radius 2 is 1.89 bits per heavy atom. The molecule has 0 saturated carbocycles. The van der Waals surface area contributed by atoms with Crippen LogP contribution in [0, 0.1) is 0 Å². The number of rotatable bonds is 2. The molecule has 0 unspecified atom stereocenters. The maximum absolute atomic E-state index is 13.2. The van der Waals surface area contributed by atoms with E-state index in [1.165, 1.54) is 7.11 Å². The third kappa shape index (κ3) is 4.29. The summed E-state index contributed by atoms with van der Waals surface area (Å²) >= 11 is 6.23. The lowest BCUT2D eigenvalue weighted by Crippen LogP contribution is -2.45. The van der Waals surface area contributed by atoms with Crippen molar-refractivity contribution in [3.05, 3.63) is 22.8 Å².